The second-order valence-electron chi connectivity index (χ2n) is 6.00. The van der Waals surface area contributed by atoms with Gasteiger partial charge in [0.05, 0.1) is 17.1 Å². The van der Waals surface area contributed by atoms with Crippen molar-refractivity contribution in [2.45, 2.75) is 13.3 Å². The van der Waals surface area contributed by atoms with Crippen LogP contribution in [0.5, 0.6) is 0 Å². The molecule has 0 aliphatic carbocycles. The summed E-state index contributed by atoms with van der Waals surface area (Å²) in [5.41, 5.74) is 5.68. The van der Waals surface area contributed by atoms with Gasteiger partial charge in [-0.2, -0.15) is 14.7 Å². The Hall–Kier alpha value is -3.22. The Morgan fingerprint density at radius 3 is 2.64 bits per heavy atom. The van der Waals surface area contributed by atoms with Gasteiger partial charge < -0.3 is 5.32 Å². The first-order valence-electron chi connectivity index (χ1n) is 8.13. The fraction of sp³-hybridized carbons (Fsp3) is 0.222. The highest BCUT2D eigenvalue weighted by molar-refractivity contribution is 5.74. The molecule has 4 rings (SSSR count). The Morgan fingerprint density at radius 2 is 1.88 bits per heavy atom. The highest BCUT2D eigenvalue weighted by Crippen LogP contribution is 2.27. The first kappa shape index (κ1) is 15.3. The second-order valence-corrected chi connectivity index (χ2v) is 6.00. The quantitative estimate of drug-likeness (QED) is 0.621. The van der Waals surface area contributed by atoms with Crippen LogP contribution in [0.4, 0.5) is 5.69 Å². The fourth-order valence-electron chi connectivity index (χ4n) is 2.97. The van der Waals surface area contributed by atoms with Crippen LogP contribution in [0.15, 0.2) is 42.6 Å². The van der Waals surface area contributed by atoms with E-state index in [0.29, 0.717) is 0 Å². The van der Waals surface area contributed by atoms with Crippen LogP contribution in [0.2, 0.25) is 0 Å². The van der Waals surface area contributed by atoms with Crippen molar-refractivity contribution < 1.29 is 0 Å². The van der Waals surface area contributed by atoms with Crippen molar-refractivity contribution in [1.82, 2.24) is 29.6 Å². The van der Waals surface area contributed by atoms with Crippen molar-refractivity contribution in [3.63, 3.8) is 0 Å². The number of fused-ring (bicyclic) bond motifs is 1. The molecule has 1 N–H and O–H groups in total. The number of nitrogens with one attached hydrogen (secondary N) is 1. The largest absolute Gasteiger partial charge is 0.385 e. The van der Waals surface area contributed by atoms with E-state index in [9.17, 15) is 0 Å². The van der Waals surface area contributed by atoms with Crippen LogP contribution in [0.25, 0.3) is 16.9 Å². The lowest BCUT2D eigenvalue weighted by atomic mass is 10.1. The molecule has 0 radical (unpaired) electrons. The zero-order valence-corrected chi connectivity index (χ0v) is 14.4. The number of aromatic nitrogens is 6. The summed E-state index contributed by atoms with van der Waals surface area (Å²) in [6.45, 7) is 1.89. The van der Waals surface area contributed by atoms with Gasteiger partial charge in [-0.1, -0.05) is 30.3 Å². The van der Waals surface area contributed by atoms with Crippen LogP contribution in [0, 0.1) is 6.92 Å². The van der Waals surface area contributed by atoms with Gasteiger partial charge in [0, 0.05) is 32.3 Å². The minimum atomic E-state index is 0.720. The summed E-state index contributed by atoms with van der Waals surface area (Å²) in [6.07, 6.45) is 2.76. The molecule has 3 heterocycles. The molecule has 7 nitrogen and oxygen atoms in total. The molecule has 7 heteroatoms. The maximum Gasteiger partial charge on any atom is 0.200 e. The minimum absolute atomic E-state index is 0.720. The van der Waals surface area contributed by atoms with Crippen LogP contribution in [0.1, 0.15) is 17.1 Å². The second kappa shape index (κ2) is 6.01. The summed E-state index contributed by atoms with van der Waals surface area (Å²) in [6, 6.07) is 12.3. The lowest BCUT2D eigenvalue weighted by Gasteiger charge is -2.07. The van der Waals surface area contributed by atoms with Gasteiger partial charge in [0.15, 0.2) is 5.82 Å². The summed E-state index contributed by atoms with van der Waals surface area (Å²) in [5.74, 6) is 0.752. The van der Waals surface area contributed by atoms with Crippen molar-refractivity contribution in [3.05, 3.63) is 59.7 Å². The van der Waals surface area contributed by atoms with Crippen molar-refractivity contribution in [2.24, 2.45) is 7.05 Å². The van der Waals surface area contributed by atoms with Crippen LogP contribution in [0.3, 0.4) is 0 Å². The number of rotatable bonds is 4. The lowest BCUT2D eigenvalue weighted by Crippen LogP contribution is -2.02. The predicted octanol–water partition coefficient (Wildman–Crippen LogP) is 2.47. The van der Waals surface area contributed by atoms with E-state index in [4.69, 9.17) is 5.10 Å². The van der Waals surface area contributed by atoms with Crippen LogP contribution in [-0.4, -0.2) is 36.6 Å². The third kappa shape index (κ3) is 2.73. The van der Waals surface area contributed by atoms with E-state index in [-0.39, 0.29) is 0 Å². The summed E-state index contributed by atoms with van der Waals surface area (Å²) in [5, 5.41) is 20.9. The molecule has 0 unspecified atom stereocenters. The molecule has 0 aliphatic heterocycles. The van der Waals surface area contributed by atoms with Crippen LogP contribution < -0.4 is 5.32 Å². The molecule has 0 fully saturated rings. The molecular formula is C18H19N7. The van der Waals surface area contributed by atoms with Gasteiger partial charge in [-0.15, -0.1) is 10.2 Å². The average molecular weight is 333 g/mol. The Morgan fingerprint density at radius 1 is 1.08 bits per heavy atom. The van der Waals surface area contributed by atoms with E-state index in [1.807, 2.05) is 56.2 Å². The standard InChI is InChI=1S/C18H19N7/c1-12-20-21-18-17(19-2)10-16(23-25(12)18)14-11-24(3)22-15(14)9-13-7-5-4-6-8-13/h4-8,10-11,19H,9H2,1-3H3. The normalized spacial score (nSPS) is 11.2. The molecular weight excluding hydrogens is 314 g/mol. The van der Waals surface area contributed by atoms with Gasteiger partial charge in [0.2, 0.25) is 5.65 Å². The fourth-order valence-corrected chi connectivity index (χ4v) is 2.97. The number of hydrogen-bond donors (Lipinski definition) is 1. The van der Waals surface area contributed by atoms with Gasteiger partial charge in [-0.3, -0.25) is 4.68 Å². The van der Waals surface area contributed by atoms with E-state index >= 15 is 0 Å². The van der Waals surface area contributed by atoms with E-state index in [1.165, 1.54) is 5.56 Å². The van der Waals surface area contributed by atoms with Gasteiger partial charge in [-0.25, -0.2) is 0 Å². The smallest absolute Gasteiger partial charge is 0.200 e. The Balaban J connectivity index is 1.85. The maximum absolute atomic E-state index is 4.73. The molecule has 4 aromatic rings. The molecule has 0 bridgehead atoms. The van der Waals surface area contributed by atoms with E-state index in [0.717, 1.165) is 40.5 Å². The summed E-state index contributed by atoms with van der Waals surface area (Å²) in [7, 11) is 3.80. The first-order chi connectivity index (χ1) is 12.2. The van der Waals surface area contributed by atoms with E-state index < -0.39 is 0 Å². The lowest BCUT2D eigenvalue weighted by molar-refractivity contribution is 0.749. The van der Waals surface area contributed by atoms with Gasteiger partial charge in [-0.05, 0) is 18.6 Å². The molecule has 0 saturated carbocycles. The monoisotopic (exact) mass is 333 g/mol. The number of hydrogen-bond acceptors (Lipinski definition) is 5. The zero-order chi connectivity index (χ0) is 17.4. The van der Waals surface area contributed by atoms with Crippen molar-refractivity contribution in [3.8, 4) is 11.3 Å². The molecule has 0 amide bonds. The average Bonchev–Trinajstić information content (AvgIpc) is 3.18. The highest BCUT2D eigenvalue weighted by atomic mass is 15.4. The van der Waals surface area contributed by atoms with Crippen molar-refractivity contribution in [2.75, 3.05) is 12.4 Å². The maximum atomic E-state index is 4.73. The third-order valence-electron chi connectivity index (χ3n) is 4.19. The first-order valence-corrected chi connectivity index (χ1v) is 8.13. The minimum Gasteiger partial charge on any atom is -0.385 e. The predicted molar refractivity (Wildman–Crippen MR) is 96.5 cm³/mol. The zero-order valence-electron chi connectivity index (χ0n) is 14.4. The number of benzene rings is 1. The van der Waals surface area contributed by atoms with Gasteiger partial charge in [0.1, 0.15) is 0 Å². The van der Waals surface area contributed by atoms with E-state index in [1.54, 1.807) is 4.52 Å². The molecule has 126 valence electrons. The highest BCUT2D eigenvalue weighted by Gasteiger charge is 2.16. The number of aryl methyl sites for hydroxylation is 2. The van der Waals surface area contributed by atoms with Crippen molar-refractivity contribution >= 4 is 11.3 Å². The molecule has 0 atom stereocenters. The third-order valence-corrected chi connectivity index (χ3v) is 4.19. The van der Waals surface area contributed by atoms with E-state index in [2.05, 4.69) is 32.7 Å². The molecule has 25 heavy (non-hydrogen) atoms. The molecule has 0 aliphatic rings. The summed E-state index contributed by atoms with van der Waals surface area (Å²) < 4.78 is 3.60. The molecule has 0 spiro atoms. The Labute approximate surface area is 145 Å². The topological polar surface area (TPSA) is 72.9 Å². The number of anilines is 1. The van der Waals surface area contributed by atoms with Gasteiger partial charge in [0.25, 0.3) is 0 Å². The summed E-state index contributed by atoms with van der Waals surface area (Å²) in [4.78, 5) is 0. The molecule has 1 aromatic carbocycles. The Bertz CT molecular complexity index is 1030. The summed E-state index contributed by atoms with van der Waals surface area (Å²) >= 11 is 0. The van der Waals surface area contributed by atoms with Gasteiger partial charge >= 0.3 is 0 Å². The molecule has 3 aromatic heterocycles. The number of nitrogens with zero attached hydrogens (tertiary/aromatic N) is 6. The van der Waals surface area contributed by atoms with Crippen LogP contribution >= 0.6 is 0 Å². The molecule has 0 saturated heterocycles. The van der Waals surface area contributed by atoms with Crippen molar-refractivity contribution in [1.29, 1.82) is 0 Å². The SMILES string of the molecule is CNc1cc(-c2cn(C)nc2Cc2ccccc2)nn2c(C)nnc12. The van der Waals surface area contributed by atoms with Crippen LogP contribution in [-0.2, 0) is 13.5 Å². The Kier molecular flexibility index (Phi) is 3.68.